The molecule has 1 saturated heterocycles. The minimum Gasteiger partial charge on any atom is -0.394 e. The fourth-order valence-electron chi connectivity index (χ4n) is 4.23. The van der Waals surface area contributed by atoms with Gasteiger partial charge in [0.25, 0.3) is 0 Å². The van der Waals surface area contributed by atoms with Crippen molar-refractivity contribution in [2.75, 3.05) is 6.61 Å². The van der Waals surface area contributed by atoms with Gasteiger partial charge in [-0.2, -0.15) is 0 Å². The molecular formula is C24H29NO5. The lowest BCUT2D eigenvalue weighted by molar-refractivity contribution is -0.231. The number of hydrogen-bond donors (Lipinski definition) is 4. The molecule has 0 spiro atoms. The smallest absolute Gasteiger partial charge is 0.114 e. The van der Waals surface area contributed by atoms with Gasteiger partial charge in [-0.1, -0.05) is 42.8 Å². The minimum atomic E-state index is -1.40. The second-order valence-corrected chi connectivity index (χ2v) is 8.15. The van der Waals surface area contributed by atoms with Crippen molar-refractivity contribution in [1.82, 2.24) is 4.57 Å². The van der Waals surface area contributed by atoms with E-state index in [0.29, 0.717) is 6.54 Å². The van der Waals surface area contributed by atoms with Crippen molar-refractivity contribution >= 4 is 10.9 Å². The first-order chi connectivity index (χ1) is 14.4. The standard InChI is InChI=1S/C24H29NO5/c1-3-15-5-7-16(8-6-15)11-25-12-18(17-10-14(2)4-9-19(17)25)24-23(29)22(28)21(27)20(13-26)30-24/h4-10,12,20-24,26-29H,3,11,13H2,1-2H3/t20-,21-,22+,23-,24+/m1/s1. The van der Waals surface area contributed by atoms with E-state index < -0.39 is 37.1 Å². The van der Waals surface area contributed by atoms with Gasteiger partial charge in [-0.05, 0) is 36.6 Å². The Kier molecular flexibility index (Phi) is 5.95. The van der Waals surface area contributed by atoms with Crippen LogP contribution in [0.1, 0.15) is 35.3 Å². The Labute approximate surface area is 176 Å². The molecule has 5 atom stereocenters. The molecule has 0 amide bonds. The second-order valence-electron chi connectivity index (χ2n) is 8.15. The number of rotatable bonds is 5. The van der Waals surface area contributed by atoms with Crippen LogP contribution in [0.4, 0.5) is 0 Å². The van der Waals surface area contributed by atoms with Crippen molar-refractivity contribution in [2.24, 2.45) is 0 Å². The first-order valence-electron chi connectivity index (χ1n) is 10.4. The molecule has 2 aromatic carbocycles. The van der Waals surface area contributed by atoms with Crippen LogP contribution in [0.3, 0.4) is 0 Å². The lowest BCUT2D eigenvalue weighted by atomic mass is 9.91. The van der Waals surface area contributed by atoms with Gasteiger partial charge in [-0.15, -0.1) is 0 Å². The highest BCUT2D eigenvalue weighted by molar-refractivity contribution is 5.85. The molecule has 0 radical (unpaired) electrons. The summed E-state index contributed by atoms with van der Waals surface area (Å²) in [6.45, 7) is 4.34. The zero-order valence-electron chi connectivity index (χ0n) is 17.3. The molecule has 160 valence electrons. The summed E-state index contributed by atoms with van der Waals surface area (Å²) >= 11 is 0. The fourth-order valence-corrected chi connectivity index (χ4v) is 4.23. The van der Waals surface area contributed by atoms with E-state index in [9.17, 15) is 20.4 Å². The van der Waals surface area contributed by atoms with Gasteiger partial charge in [0, 0.05) is 29.2 Å². The third-order valence-electron chi connectivity index (χ3n) is 6.05. The van der Waals surface area contributed by atoms with Crippen LogP contribution >= 0.6 is 0 Å². The summed E-state index contributed by atoms with van der Waals surface area (Å²) in [6, 6.07) is 14.6. The maximum atomic E-state index is 10.6. The van der Waals surface area contributed by atoms with Crippen LogP contribution in [-0.4, -0.2) is 56.0 Å². The van der Waals surface area contributed by atoms with Crippen LogP contribution < -0.4 is 0 Å². The molecule has 0 bridgehead atoms. The summed E-state index contributed by atoms with van der Waals surface area (Å²) in [7, 11) is 0. The molecular weight excluding hydrogens is 382 g/mol. The first kappa shape index (κ1) is 21.0. The topological polar surface area (TPSA) is 95.1 Å². The van der Waals surface area contributed by atoms with E-state index in [4.69, 9.17) is 4.74 Å². The molecule has 6 nitrogen and oxygen atoms in total. The van der Waals surface area contributed by atoms with Gasteiger partial charge >= 0.3 is 0 Å². The number of aliphatic hydroxyl groups is 4. The Balaban J connectivity index is 1.75. The van der Waals surface area contributed by atoms with Gasteiger partial charge in [0.2, 0.25) is 0 Å². The molecule has 0 unspecified atom stereocenters. The number of hydrogen-bond acceptors (Lipinski definition) is 5. The van der Waals surface area contributed by atoms with E-state index in [1.807, 2.05) is 31.3 Å². The van der Waals surface area contributed by atoms with E-state index in [2.05, 4.69) is 35.8 Å². The number of aromatic nitrogens is 1. The maximum absolute atomic E-state index is 10.6. The summed E-state index contributed by atoms with van der Waals surface area (Å²) in [4.78, 5) is 0. The highest BCUT2D eigenvalue weighted by atomic mass is 16.5. The highest BCUT2D eigenvalue weighted by Crippen LogP contribution is 2.37. The largest absolute Gasteiger partial charge is 0.394 e. The average molecular weight is 411 g/mol. The van der Waals surface area contributed by atoms with Crippen LogP contribution in [-0.2, 0) is 17.7 Å². The Hall–Kier alpha value is -2.22. The third-order valence-corrected chi connectivity index (χ3v) is 6.05. The monoisotopic (exact) mass is 411 g/mol. The Bertz CT molecular complexity index is 1010. The van der Waals surface area contributed by atoms with Gasteiger partial charge in [0.15, 0.2) is 0 Å². The number of benzene rings is 2. The number of aryl methyl sites for hydroxylation is 2. The van der Waals surface area contributed by atoms with Gasteiger partial charge in [-0.25, -0.2) is 0 Å². The van der Waals surface area contributed by atoms with E-state index in [0.717, 1.165) is 34.0 Å². The molecule has 6 heteroatoms. The van der Waals surface area contributed by atoms with Crippen LogP contribution in [0.15, 0.2) is 48.7 Å². The average Bonchev–Trinajstić information content (AvgIpc) is 3.10. The summed E-state index contributed by atoms with van der Waals surface area (Å²) in [6.07, 6.45) is -2.92. The highest BCUT2D eigenvalue weighted by Gasteiger charge is 2.44. The molecule has 0 aliphatic carbocycles. The molecule has 4 rings (SSSR count). The lowest BCUT2D eigenvalue weighted by Crippen LogP contribution is -2.55. The summed E-state index contributed by atoms with van der Waals surface area (Å²) in [5.41, 5.74) is 5.24. The Morgan fingerprint density at radius 3 is 2.30 bits per heavy atom. The first-order valence-corrected chi connectivity index (χ1v) is 10.4. The zero-order chi connectivity index (χ0) is 21.4. The third kappa shape index (κ3) is 3.77. The molecule has 4 N–H and O–H groups in total. The van der Waals surface area contributed by atoms with E-state index >= 15 is 0 Å². The van der Waals surface area contributed by atoms with Crippen LogP contribution in [0.25, 0.3) is 10.9 Å². The van der Waals surface area contributed by atoms with Gasteiger partial charge in [-0.3, -0.25) is 0 Å². The van der Waals surface area contributed by atoms with Crippen LogP contribution in [0, 0.1) is 6.92 Å². The van der Waals surface area contributed by atoms with Gasteiger partial charge in [0.1, 0.15) is 30.5 Å². The molecule has 1 aliphatic rings. The summed E-state index contributed by atoms with van der Waals surface area (Å²) in [5, 5.41) is 41.5. The van der Waals surface area contributed by atoms with Crippen LogP contribution in [0.2, 0.25) is 0 Å². The SMILES string of the molecule is CCc1ccc(Cn2cc([C@@H]3O[C@H](CO)[C@@H](O)[C@H](O)[C@H]3O)c3cc(C)ccc32)cc1. The van der Waals surface area contributed by atoms with Crippen molar-refractivity contribution in [3.63, 3.8) is 0 Å². The van der Waals surface area contributed by atoms with E-state index in [-0.39, 0.29) is 0 Å². The minimum absolute atomic E-state index is 0.442. The van der Waals surface area contributed by atoms with Crippen molar-refractivity contribution < 1.29 is 25.2 Å². The molecule has 2 heterocycles. The van der Waals surface area contributed by atoms with Gasteiger partial charge in [0.05, 0.1) is 6.61 Å². The second kappa shape index (κ2) is 8.49. The predicted molar refractivity (Wildman–Crippen MR) is 114 cm³/mol. The number of fused-ring (bicyclic) bond motifs is 1. The van der Waals surface area contributed by atoms with Crippen molar-refractivity contribution in [3.05, 3.63) is 70.9 Å². The molecule has 3 aromatic rings. The van der Waals surface area contributed by atoms with Crippen LogP contribution in [0.5, 0.6) is 0 Å². The predicted octanol–water partition coefficient (Wildman–Crippen LogP) is 2.08. The van der Waals surface area contributed by atoms with Gasteiger partial charge < -0.3 is 29.7 Å². The zero-order valence-corrected chi connectivity index (χ0v) is 17.3. The summed E-state index contributed by atoms with van der Waals surface area (Å²) in [5.74, 6) is 0. The quantitative estimate of drug-likeness (QED) is 0.516. The number of aliphatic hydroxyl groups excluding tert-OH is 4. The molecule has 1 aromatic heterocycles. The molecule has 1 fully saturated rings. The number of nitrogens with zero attached hydrogens (tertiary/aromatic N) is 1. The lowest BCUT2D eigenvalue weighted by Gasteiger charge is -2.40. The van der Waals surface area contributed by atoms with Crippen molar-refractivity contribution in [2.45, 2.75) is 57.3 Å². The van der Waals surface area contributed by atoms with E-state index in [1.165, 1.54) is 5.56 Å². The van der Waals surface area contributed by atoms with Crippen molar-refractivity contribution in [3.8, 4) is 0 Å². The fraction of sp³-hybridized carbons (Fsp3) is 0.417. The molecule has 1 aliphatic heterocycles. The maximum Gasteiger partial charge on any atom is 0.114 e. The molecule has 30 heavy (non-hydrogen) atoms. The van der Waals surface area contributed by atoms with Crippen molar-refractivity contribution in [1.29, 1.82) is 0 Å². The van der Waals surface area contributed by atoms with E-state index in [1.54, 1.807) is 0 Å². The Morgan fingerprint density at radius 2 is 1.63 bits per heavy atom. The summed E-state index contributed by atoms with van der Waals surface area (Å²) < 4.78 is 7.94. The normalized spacial score (nSPS) is 26.9. The Morgan fingerprint density at radius 1 is 0.933 bits per heavy atom. The molecule has 0 saturated carbocycles. The number of ether oxygens (including phenoxy) is 1.